The number of benzene rings is 2. The lowest BCUT2D eigenvalue weighted by Crippen LogP contribution is -2.19. The van der Waals surface area contributed by atoms with E-state index in [0.29, 0.717) is 33.5 Å². The molecule has 30 heavy (non-hydrogen) atoms. The zero-order valence-electron chi connectivity index (χ0n) is 17.5. The van der Waals surface area contributed by atoms with Crippen LogP contribution >= 0.6 is 23.2 Å². The number of unbranched alkanes of at least 4 members (excludes halogenated alkanes) is 5. The quantitative estimate of drug-likeness (QED) is 0.200. The van der Waals surface area contributed by atoms with E-state index in [2.05, 4.69) is 17.9 Å². The highest BCUT2D eigenvalue weighted by atomic mass is 35.5. The number of halogens is 2. The molecule has 0 fully saturated rings. The molecular weight excluding hydrogens is 417 g/mol. The Morgan fingerprint density at radius 2 is 1.67 bits per heavy atom. The van der Waals surface area contributed by atoms with Gasteiger partial charge in [-0.2, -0.15) is 0 Å². The Hall–Kier alpha value is -1.99. The summed E-state index contributed by atoms with van der Waals surface area (Å²) in [6.45, 7) is 2.42. The largest absolute Gasteiger partial charge is 0.494 e. The van der Waals surface area contributed by atoms with Crippen LogP contribution in [0.1, 0.15) is 54.4 Å². The zero-order valence-corrected chi connectivity index (χ0v) is 19.0. The topological polar surface area (TPSA) is 29.5 Å². The summed E-state index contributed by atoms with van der Waals surface area (Å²) < 4.78 is 5.79. The molecule has 160 valence electrons. The van der Waals surface area contributed by atoms with E-state index >= 15 is 0 Å². The van der Waals surface area contributed by atoms with Gasteiger partial charge in [0.1, 0.15) is 5.75 Å². The third-order valence-electron chi connectivity index (χ3n) is 4.86. The molecule has 2 aromatic carbocycles. The van der Waals surface area contributed by atoms with Crippen molar-refractivity contribution in [2.24, 2.45) is 0 Å². The molecule has 3 nitrogen and oxygen atoms in total. The van der Waals surface area contributed by atoms with Crippen LogP contribution in [0.5, 0.6) is 5.75 Å². The van der Waals surface area contributed by atoms with Crippen LogP contribution in [-0.2, 0) is 0 Å². The highest BCUT2D eigenvalue weighted by molar-refractivity contribution is 6.35. The van der Waals surface area contributed by atoms with Crippen LogP contribution in [0.3, 0.4) is 0 Å². The van der Waals surface area contributed by atoms with E-state index in [1.165, 1.54) is 25.7 Å². The normalized spacial score (nSPS) is 10.8. The molecule has 0 N–H and O–H groups in total. The Bertz CT molecular complexity index is 843. The summed E-state index contributed by atoms with van der Waals surface area (Å²) in [6, 6.07) is 12.0. The Morgan fingerprint density at radius 1 is 1.00 bits per heavy atom. The van der Waals surface area contributed by atoms with Gasteiger partial charge in [0.15, 0.2) is 5.78 Å². The molecule has 2 aromatic rings. The van der Waals surface area contributed by atoms with Gasteiger partial charge in [-0.15, -0.1) is 6.42 Å². The first-order valence-corrected chi connectivity index (χ1v) is 11.1. The number of hydrogen-bond donors (Lipinski definition) is 0. The van der Waals surface area contributed by atoms with E-state index in [9.17, 15) is 4.79 Å². The Morgan fingerprint density at radius 3 is 2.33 bits per heavy atom. The van der Waals surface area contributed by atoms with E-state index in [4.69, 9.17) is 34.4 Å². The maximum absolute atomic E-state index is 12.6. The second-order valence-electron chi connectivity index (χ2n) is 7.39. The van der Waals surface area contributed by atoms with Gasteiger partial charge in [-0.1, -0.05) is 54.8 Å². The molecule has 5 heteroatoms. The third-order valence-corrected chi connectivity index (χ3v) is 5.42. The fourth-order valence-corrected chi connectivity index (χ4v) is 3.52. The van der Waals surface area contributed by atoms with Crippen LogP contribution in [0, 0.1) is 12.3 Å². The number of terminal acetylenes is 1. The molecule has 0 aliphatic heterocycles. The molecule has 0 aromatic heterocycles. The summed E-state index contributed by atoms with van der Waals surface area (Å²) in [7, 11) is 2.06. The van der Waals surface area contributed by atoms with Crippen molar-refractivity contribution in [3.63, 3.8) is 0 Å². The molecule has 0 unspecified atom stereocenters. The van der Waals surface area contributed by atoms with Crippen molar-refractivity contribution in [3.05, 3.63) is 63.6 Å². The van der Waals surface area contributed by atoms with Crippen molar-refractivity contribution in [3.8, 4) is 18.1 Å². The van der Waals surface area contributed by atoms with E-state index in [1.807, 2.05) is 0 Å². The van der Waals surface area contributed by atoms with Gasteiger partial charge in [-0.3, -0.25) is 9.69 Å². The average molecular weight is 446 g/mol. The summed E-state index contributed by atoms with van der Waals surface area (Å²) in [6.07, 6.45) is 12.3. The lowest BCUT2D eigenvalue weighted by atomic mass is 10.0. The lowest BCUT2D eigenvalue weighted by molar-refractivity contribution is 0.103. The van der Waals surface area contributed by atoms with Gasteiger partial charge in [0.05, 0.1) is 18.2 Å². The lowest BCUT2D eigenvalue weighted by Gasteiger charge is -2.12. The first-order valence-electron chi connectivity index (χ1n) is 10.4. The summed E-state index contributed by atoms with van der Waals surface area (Å²) in [5.74, 6) is 3.21. The molecule has 0 amide bonds. The van der Waals surface area contributed by atoms with E-state index in [0.717, 1.165) is 25.9 Å². The number of hydrogen-bond acceptors (Lipinski definition) is 3. The maximum Gasteiger partial charge on any atom is 0.194 e. The molecule has 0 atom stereocenters. The number of ketones is 1. The minimum absolute atomic E-state index is 0.131. The van der Waals surface area contributed by atoms with Crippen LogP contribution in [0.25, 0.3) is 0 Å². The SMILES string of the molecule is C#CCN(C)CCCCCCCCOc1ccc(C(=O)c2ccc(Cl)cc2)c(Cl)c1. The minimum atomic E-state index is -0.131. The van der Waals surface area contributed by atoms with E-state index < -0.39 is 0 Å². The van der Waals surface area contributed by atoms with Gasteiger partial charge in [0, 0.05) is 16.1 Å². The minimum Gasteiger partial charge on any atom is -0.494 e. The van der Waals surface area contributed by atoms with Crippen molar-refractivity contribution in [1.82, 2.24) is 4.90 Å². The van der Waals surface area contributed by atoms with Gasteiger partial charge in [-0.25, -0.2) is 0 Å². The van der Waals surface area contributed by atoms with Crippen LogP contribution in [-0.4, -0.2) is 37.4 Å². The number of carbonyl (C=O) groups excluding carboxylic acids is 1. The van der Waals surface area contributed by atoms with Crippen molar-refractivity contribution in [1.29, 1.82) is 0 Å². The smallest absolute Gasteiger partial charge is 0.194 e. The van der Waals surface area contributed by atoms with Gasteiger partial charge >= 0.3 is 0 Å². The average Bonchev–Trinajstić information content (AvgIpc) is 2.73. The molecule has 0 saturated heterocycles. The molecule has 2 rings (SSSR count). The summed E-state index contributed by atoms with van der Waals surface area (Å²) in [5, 5.41) is 0.983. The van der Waals surface area contributed by atoms with Crippen molar-refractivity contribution in [2.45, 2.75) is 38.5 Å². The third kappa shape index (κ3) is 8.40. The Labute approximate surface area is 190 Å². The van der Waals surface area contributed by atoms with Gasteiger partial charge in [-0.05, 0) is 68.9 Å². The van der Waals surface area contributed by atoms with Crippen LogP contribution in [0.15, 0.2) is 42.5 Å². The van der Waals surface area contributed by atoms with Crippen LogP contribution in [0.2, 0.25) is 10.0 Å². The Kier molecular flexibility index (Phi) is 10.8. The molecule has 0 radical (unpaired) electrons. The number of ether oxygens (including phenoxy) is 1. The summed E-state index contributed by atoms with van der Waals surface area (Å²) >= 11 is 12.2. The standard InChI is InChI=1S/C25H29Cl2NO2/c1-3-16-28(2)17-8-6-4-5-7-9-18-30-22-14-15-23(24(27)19-22)25(29)20-10-12-21(26)13-11-20/h1,10-15,19H,4-9,16-18H2,2H3. The Balaban J connectivity index is 1.66. The highest BCUT2D eigenvalue weighted by Crippen LogP contribution is 2.25. The van der Waals surface area contributed by atoms with E-state index in [1.54, 1.807) is 42.5 Å². The van der Waals surface area contributed by atoms with E-state index in [-0.39, 0.29) is 5.78 Å². The fourth-order valence-electron chi connectivity index (χ4n) is 3.14. The van der Waals surface area contributed by atoms with Crippen molar-refractivity contribution < 1.29 is 9.53 Å². The molecule has 0 bridgehead atoms. The van der Waals surface area contributed by atoms with Gasteiger partial charge < -0.3 is 4.74 Å². The monoisotopic (exact) mass is 445 g/mol. The molecule has 0 aliphatic rings. The van der Waals surface area contributed by atoms with Crippen LogP contribution < -0.4 is 4.74 Å². The van der Waals surface area contributed by atoms with Crippen molar-refractivity contribution >= 4 is 29.0 Å². The fraction of sp³-hybridized carbons (Fsp3) is 0.400. The highest BCUT2D eigenvalue weighted by Gasteiger charge is 2.13. The molecule has 0 spiro atoms. The zero-order chi connectivity index (χ0) is 21.8. The molecule has 0 aliphatic carbocycles. The maximum atomic E-state index is 12.6. The molecule has 0 saturated carbocycles. The first-order chi connectivity index (χ1) is 14.5. The first kappa shape index (κ1) is 24.3. The van der Waals surface area contributed by atoms with Gasteiger partial charge in [0.25, 0.3) is 0 Å². The van der Waals surface area contributed by atoms with Crippen molar-refractivity contribution in [2.75, 3.05) is 26.7 Å². The van der Waals surface area contributed by atoms with Gasteiger partial charge in [0.2, 0.25) is 0 Å². The summed E-state index contributed by atoms with van der Waals surface area (Å²) in [5.41, 5.74) is 1.01. The molecule has 0 heterocycles. The predicted octanol–water partition coefficient (Wildman–Crippen LogP) is 6.51. The second-order valence-corrected chi connectivity index (χ2v) is 8.23. The number of nitrogens with zero attached hydrogens (tertiary/aromatic N) is 1. The predicted molar refractivity (Wildman–Crippen MR) is 126 cm³/mol. The molecular formula is C25H29Cl2NO2. The number of carbonyl (C=O) groups is 1. The number of rotatable bonds is 13. The van der Waals surface area contributed by atoms with Crippen LogP contribution in [0.4, 0.5) is 0 Å². The summed E-state index contributed by atoms with van der Waals surface area (Å²) in [4.78, 5) is 14.8. The second kappa shape index (κ2) is 13.3.